The van der Waals surface area contributed by atoms with Gasteiger partial charge in [0.25, 0.3) is 11.8 Å². The van der Waals surface area contributed by atoms with E-state index in [9.17, 15) is 26.8 Å². The second kappa shape index (κ2) is 11.4. The van der Waals surface area contributed by atoms with E-state index in [0.717, 1.165) is 0 Å². The van der Waals surface area contributed by atoms with Gasteiger partial charge >= 0.3 is 0 Å². The van der Waals surface area contributed by atoms with Crippen LogP contribution in [-0.4, -0.2) is 80.7 Å². The number of sulfonamides is 1. The van der Waals surface area contributed by atoms with Crippen molar-refractivity contribution >= 4 is 21.8 Å². The lowest BCUT2D eigenvalue weighted by Gasteiger charge is -2.31. The molecule has 0 bridgehead atoms. The molecule has 0 aromatic heterocycles. The summed E-state index contributed by atoms with van der Waals surface area (Å²) in [4.78, 5) is 25.9. The van der Waals surface area contributed by atoms with Crippen LogP contribution >= 0.6 is 0 Å². The van der Waals surface area contributed by atoms with Crippen molar-refractivity contribution in [2.45, 2.75) is 49.0 Å². The summed E-state index contributed by atoms with van der Waals surface area (Å²) in [6, 6.07) is 5.67. The van der Waals surface area contributed by atoms with Gasteiger partial charge < -0.3 is 15.5 Å². The van der Waals surface area contributed by atoms with Crippen molar-refractivity contribution in [2.24, 2.45) is 0 Å². The van der Waals surface area contributed by atoms with Gasteiger partial charge in [-0.05, 0) is 49.6 Å². The Bertz CT molecular complexity index is 975. The number of halogens is 2. The average molecular weight is 499 g/mol. The van der Waals surface area contributed by atoms with Crippen molar-refractivity contribution in [1.29, 1.82) is 0 Å². The smallest absolute Gasteiger partial charge is 0.251 e. The largest absolute Gasteiger partial charge is 0.351 e. The monoisotopic (exact) mass is 498 g/mol. The molecule has 2 amide bonds. The third-order valence-electron chi connectivity index (χ3n) is 6.27. The Morgan fingerprint density at radius 1 is 1.09 bits per heavy atom. The maximum absolute atomic E-state index is 13.2. The van der Waals surface area contributed by atoms with Crippen LogP contribution in [0.4, 0.5) is 8.78 Å². The number of benzene rings is 1. The molecule has 2 heterocycles. The van der Waals surface area contributed by atoms with Gasteiger partial charge in [0, 0.05) is 63.7 Å². The third-order valence-corrected chi connectivity index (χ3v) is 8.19. The van der Waals surface area contributed by atoms with Gasteiger partial charge in [0.1, 0.15) is 0 Å². The van der Waals surface area contributed by atoms with Gasteiger partial charge in [0.15, 0.2) is 0 Å². The summed E-state index contributed by atoms with van der Waals surface area (Å²) >= 11 is 0. The minimum Gasteiger partial charge on any atom is -0.351 e. The number of amides is 2. The van der Waals surface area contributed by atoms with Crippen LogP contribution in [0.5, 0.6) is 0 Å². The highest BCUT2D eigenvalue weighted by Gasteiger charge is 2.33. The lowest BCUT2D eigenvalue weighted by atomic mass is 10.1. The average Bonchev–Trinajstić information content (AvgIpc) is 3.06. The number of alkyl halides is 2. The molecule has 2 fully saturated rings. The fraction of sp³-hybridized carbons (Fsp3) is 0.565. The first-order chi connectivity index (χ1) is 16.1. The summed E-state index contributed by atoms with van der Waals surface area (Å²) < 4.78 is 54.0. The molecule has 1 aromatic rings. The predicted octanol–water partition coefficient (Wildman–Crippen LogP) is 1.99. The first-order valence-corrected chi connectivity index (χ1v) is 13.0. The summed E-state index contributed by atoms with van der Waals surface area (Å²) in [6.07, 6.45) is 2.68. The molecule has 2 aliphatic rings. The Labute approximate surface area is 199 Å². The number of carbonyl (C=O) groups excluding carboxylic acids is 2. The Hall–Kier alpha value is -2.37. The number of rotatable bonds is 8. The highest BCUT2D eigenvalue weighted by Crippen LogP contribution is 2.27. The number of carbonyl (C=O) groups is 2. The fourth-order valence-electron chi connectivity index (χ4n) is 4.18. The molecule has 0 radical (unpaired) electrons. The second-order valence-corrected chi connectivity index (χ2v) is 10.7. The van der Waals surface area contributed by atoms with Crippen molar-refractivity contribution in [1.82, 2.24) is 19.8 Å². The van der Waals surface area contributed by atoms with Crippen molar-refractivity contribution in [3.63, 3.8) is 0 Å². The molecule has 188 valence electrons. The lowest BCUT2D eigenvalue weighted by Crippen LogP contribution is -2.43. The number of hydrogen-bond acceptors (Lipinski definition) is 5. The molecule has 0 aliphatic carbocycles. The predicted molar refractivity (Wildman–Crippen MR) is 124 cm³/mol. The number of piperidine rings is 1. The maximum Gasteiger partial charge on any atom is 0.251 e. The van der Waals surface area contributed by atoms with Crippen LogP contribution in [0.25, 0.3) is 0 Å². The summed E-state index contributed by atoms with van der Waals surface area (Å²) in [5.74, 6) is -3.22. The quantitative estimate of drug-likeness (QED) is 0.534. The van der Waals surface area contributed by atoms with Gasteiger partial charge in [-0.15, -0.1) is 0 Å². The zero-order chi connectivity index (χ0) is 24.8. The lowest BCUT2D eigenvalue weighted by molar-refractivity contribution is -0.117. The van der Waals surface area contributed by atoms with Gasteiger partial charge in [0.2, 0.25) is 15.9 Å². The van der Waals surface area contributed by atoms with E-state index >= 15 is 0 Å². The molecule has 0 saturated carbocycles. The van der Waals surface area contributed by atoms with Gasteiger partial charge in [-0.3, -0.25) is 9.59 Å². The van der Waals surface area contributed by atoms with E-state index in [1.807, 2.05) is 4.90 Å². The summed E-state index contributed by atoms with van der Waals surface area (Å²) in [5.41, 5.74) is 0.326. The van der Waals surface area contributed by atoms with E-state index < -0.39 is 15.9 Å². The van der Waals surface area contributed by atoms with E-state index in [0.29, 0.717) is 57.5 Å². The summed E-state index contributed by atoms with van der Waals surface area (Å²) in [6.45, 7) is 5.48. The molecular formula is C23H32F2N4O4S. The number of nitrogens with one attached hydrogen (secondary N) is 2. The standard InChI is InChI=1S/C23H32F2N4O4S/c1-2-21(30)27-19-4-3-13-29(14-9-19)34(32,33)20-7-5-18(6-8-20)22(31)26-12-17-28-15-10-23(24,25)11-16-28/h2,5-8,19H,1,3-4,9-17H2,(H,26,31)(H,27,30). The van der Waals surface area contributed by atoms with Crippen LogP contribution in [0.1, 0.15) is 42.5 Å². The summed E-state index contributed by atoms with van der Waals surface area (Å²) in [5, 5.41) is 5.57. The second-order valence-electron chi connectivity index (χ2n) is 8.72. The molecule has 8 nitrogen and oxygen atoms in total. The van der Waals surface area contributed by atoms with Crippen molar-refractivity contribution in [3.8, 4) is 0 Å². The molecule has 2 aliphatic heterocycles. The van der Waals surface area contributed by atoms with E-state index in [-0.39, 0.29) is 42.1 Å². The summed E-state index contributed by atoms with van der Waals surface area (Å²) in [7, 11) is -3.73. The van der Waals surface area contributed by atoms with Crippen LogP contribution in [0, 0.1) is 0 Å². The molecule has 2 saturated heterocycles. The van der Waals surface area contributed by atoms with Gasteiger partial charge in [-0.1, -0.05) is 6.58 Å². The Balaban J connectivity index is 1.51. The van der Waals surface area contributed by atoms with Crippen LogP contribution < -0.4 is 10.6 Å². The van der Waals surface area contributed by atoms with Gasteiger partial charge in [0.05, 0.1) is 4.90 Å². The molecular weight excluding hydrogens is 466 g/mol. The van der Waals surface area contributed by atoms with E-state index in [2.05, 4.69) is 17.2 Å². The SMILES string of the molecule is C=CC(=O)NC1CCCN(S(=O)(=O)c2ccc(C(=O)NCCN3CCC(F)(F)CC3)cc2)CC1. The van der Waals surface area contributed by atoms with Crippen LogP contribution in [0.2, 0.25) is 0 Å². The molecule has 2 N–H and O–H groups in total. The highest BCUT2D eigenvalue weighted by atomic mass is 32.2. The van der Waals surface area contributed by atoms with Gasteiger partial charge in [-0.25, -0.2) is 17.2 Å². The molecule has 0 spiro atoms. The number of hydrogen-bond donors (Lipinski definition) is 2. The molecule has 1 unspecified atom stereocenters. The van der Waals surface area contributed by atoms with E-state index in [4.69, 9.17) is 0 Å². The van der Waals surface area contributed by atoms with Crippen molar-refractivity contribution in [2.75, 3.05) is 39.3 Å². The van der Waals surface area contributed by atoms with Crippen molar-refractivity contribution < 1.29 is 26.8 Å². The van der Waals surface area contributed by atoms with E-state index in [1.165, 1.54) is 34.6 Å². The molecule has 34 heavy (non-hydrogen) atoms. The molecule has 11 heteroatoms. The fourth-order valence-corrected chi connectivity index (χ4v) is 5.67. The molecule has 1 aromatic carbocycles. The van der Waals surface area contributed by atoms with Gasteiger partial charge in [-0.2, -0.15) is 4.31 Å². The topological polar surface area (TPSA) is 98.8 Å². The number of nitrogens with zero attached hydrogens (tertiary/aromatic N) is 2. The first kappa shape index (κ1) is 26.2. The van der Waals surface area contributed by atoms with Crippen LogP contribution in [0.15, 0.2) is 41.8 Å². The Morgan fingerprint density at radius 2 is 1.76 bits per heavy atom. The van der Waals surface area contributed by atoms with Crippen LogP contribution in [-0.2, 0) is 14.8 Å². The van der Waals surface area contributed by atoms with Crippen molar-refractivity contribution in [3.05, 3.63) is 42.5 Å². The normalized spacial score (nSPS) is 21.9. The zero-order valence-corrected chi connectivity index (χ0v) is 20.0. The third kappa shape index (κ3) is 7.07. The molecule has 1 atom stereocenters. The zero-order valence-electron chi connectivity index (χ0n) is 19.1. The van der Waals surface area contributed by atoms with E-state index in [1.54, 1.807) is 0 Å². The number of likely N-dealkylation sites (tertiary alicyclic amines) is 1. The minimum absolute atomic E-state index is 0.0989. The maximum atomic E-state index is 13.2. The Morgan fingerprint density at radius 3 is 2.41 bits per heavy atom. The molecule has 3 rings (SSSR count). The minimum atomic E-state index is -3.73. The highest BCUT2D eigenvalue weighted by molar-refractivity contribution is 7.89. The van der Waals surface area contributed by atoms with Crippen LogP contribution in [0.3, 0.4) is 0 Å². The first-order valence-electron chi connectivity index (χ1n) is 11.5. The Kier molecular flexibility index (Phi) is 8.78.